The second-order valence-corrected chi connectivity index (χ2v) is 7.58. The standard InChI is InChI=1S/C18H26N4O2/c1-4-22-10-18(16(22)11(2)3)6-14(15(23)7-18)21-17(24)12-5-13(8-19)20-9-12/h5,9,11,14-16,20,23H,4,6-7,10H2,1-3H3,(H,21,24)/t14-,15-,16?,18?/m1/s1. The predicted octanol–water partition coefficient (Wildman–Crippen LogP) is 1.49. The Balaban J connectivity index is 1.68. The molecule has 0 radical (unpaired) electrons. The number of aliphatic hydroxyl groups excluding tert-OH is 1. The molecule has 2 fully saturated rings. The van der Waals surface area contributed by atoms with E-state index in [1.165, 1.54) is 12.3 Å². The number of carbonyl (C=O) groups excluding carboxylic acids is 1. The average molecular weight is 330 g/mol. The number of nitrogens with one attached hydrogen (secondary N) is 2. The van der Waals surface area contributed by atoms with Crippen LogP contribution in [0.25, 0.3) is 0 Å². The van der Waals surface area contributed by atoms with Gasteiger partial charge in [-0.2, -0.15) is 5.26 Å². The summed E-state index contributed by atoms with van der Waals surface area (Å²) in [7, 11) is 0. The first-order chi connectivity index (χ1) is 11.4. The quantitative estimate of drug-likeness (QED) is 0.780. The molecule has 1 amide bonds. The van der Waals surface area contributed by atoms with E-state index in [2.05, 4.69) is 36.0 Å². The zero-order chi connectivity index (χ0) is 17.5. The van der Waals surface area contributed by atoms with Crippen molar-refractivity contribution in [3.8, 4) is 6.07 Å². The Hall–Kier alpha value is -1.84. The molecule has 130 valence electrons. The average Bonchev–Trinajstić information content (AvgIpc) is 3.10. The largest absolute Gasteiger partial charge is 0.391 e. The first-order valence-electron chi connectivity index (χ1n) is 8.71. The predicted molar refractivity (Wildman–Crippen MR) is 90.3 cm³/mol. The number of hydrogen-bond donors (Lipinski definition) is 3. The first-order valence-corrected chi connectivity index (χ1v) is 8.71. The molecule has 2 aliphatic rings. The Morgan fingerprint density at radius 1 is 1.58 bits per heavy atom. The summed E-state index contributed by atoms with van der Waals surface area (Å²) >= 11 is 0. The molecule has 0 aromatic carbocycles. The van der Waals surface area contributed by atoms with Gasteiger partial charge < -0.3 is 15.4 Å². The van der Waals surface area contributed by atoms with Crippen LogP contribution in [0.15, 0.2) is 12.3 Å². The van der Waals surface area contributed by atoms with E-state index in [0.29, 0.717) is 23.2 Å². The number of amides is 1. The molecule has 2 heterocycles. The van der Waals surface area contributed by atoms with Crippen LogP contribution >= 0.6 is 0 Å². The van der Waals surface area contributed by atoms with Crippen molar-refractivity contribution in [3.63, 3.8) is 0 Å². The molecule has 1 spiro atoms. The van der Waals surface area contributed by atoms with Crippen LogP contribution in [0.1, 0.15) is 49.7 Å². The molecular weight excluding hydrogens is 304 g/mol. The van der Waals surface area contributed by atoms with Crippen molar-refractivity contribution in [3.05, 3.63) is 23.5 Å². The fraction of sp³-hybridized carbons (Fsp3) is 0.667. The molecular formula is C18H26N4O2. The maximum Gasteiger partial charge on any atom is 0.253 e. The number of aromatic amines is 1. The normalized spacial score (nSPS) is 32.8. The van der Waals surface area contributed by atoms with E-state index in [-0.39, 0.29) is 17.4 Å². The number of H-pyrrole nitrogens is 1. The number of nitrogens with zero attached hydrogens (tertiary/aromatic N) is 2. The molecule has 1 saturated carbocycles. The zero-order valence-corrected chi connectivity index (χ0v) is 14.5. The second-order valence-electron chi connectivity index (χ2n) is 7.58. The molecule has 1 aromatic heterocycles. The maximum atomic E-state index is 12.4. The molecule has 2 unspecified atom stereocenters. The summed E-state index contributed by atoms with van der Waals surface area (Å²) in [5.41, 5.74) is 0.905. The molecule has 3 N–H and O–H groups in total. The SMILES string of the molecule is CCN1CC2(C[C@@H](O)[C@H](NC(=O)c3c[nH]c(C#N)c3)C2)C1C(C)C. The molecule has 6 nitrogen and oxygen atoms in total. The van der Waals surface area contributed by atoms with E-state index >= 15 is 0 Å². The molecule has 1 aliphatic heterocycles. The highest BCUT2D eigenvalue weighted by Gasteiger charge is 2.58. The van der Waals surface area contributed by atoms with Crippen molar-refractivity contribution in [2.75, 3.05) is 13.1 Å². The van der Waals surface area contributed by atoms with Gasteiger partial charge in [-0.05, 0) is 31.4 Å². The number of hydrogen-bond acceptors (Lipinski definition) is 4. The molecule has 0 bridgehead atoms. The van der Waals surface area contributed by atoms with Crippen molar-refractivity contribution in [2.24, 2.45) is 11.3 Å². The van der Waals surface area contributed by atoms with Gasteiger partial charge in [0, 0.05) is 24.2 Å². The van der Waals surface area contributed by atoms with Gasteiger partial charge in [-0.25, -0.2) is 0 Å². The Morgan fingerprint density at radius 2 is 2.33 bits per heavy atom. The summed E-state index contributed by atoms with van der Waals surface area (Å²) in [6.45, 7) is 8.66. The monoisotopic (exact) mass is 330 g/mol. The molecule has 1 aliphatic carbocycles. The van der Waals surface area contributed by atoms with Crippen LogP contribution in [-0.4, -0.2) is 52.2 Å². The number of rotatable bonds is 4. The van der Waals surface area contributed by atoms with E-state index < -0.39 is 6.10 Å². The van der Waals surface area contributed by atoms with Crippen molar-refractivity contribution in [1.29, 1.82) is 5.26 Å². The fourth-order valence-electron chi connectivity index (χ4n) is 4.88. The van der Waals surface area contributed by atoms with Crippen LogP contribution in [0.4, 0.5) is 0 Å². The minimum Gasteiger partial charge on any atom is -0.391 e. The summed E-state index contributed by atoms with van der Waals surface area (Å²) in [5, 5.41) is 22.3. The number of aromatic nitrogens is 1. The van der Waals surface area contributed by atoms with Crippen molar-refractivity contribution in [2.45, 2.75) is 51.8 Å². The Kier molecular flexibility index (Phi) is 4.41. The van der Waals surface area contributed by atoms with Gasteiger partial charge in [-0.1, -0.05) is 20.8 Å². The fourth-order valence-corrected chi connectivity index (χ4v) is 4.88. The lowest BCUT2D eigenvalue weighted by atomic mass is 9.65. The van der Waals surface area contributed by atoms with E-state index in [9.17, 15) is 9.90 Å². The maximum absolute atomic E-state index is 12.4. The van der Waals surface area contributed by atoms with Gasteiger partial charge in [0.25, 0.3) is 5.91 Å². The van der Waals surface area contributed by atoms with E-state index in [1.807, 2.05) is 6.07 Å². The Morgan fingerprint density at radius 3 is 2.92 bits per heavy atom. The van der Waals surface area contributed by atoms with Crippen LogP contribution in [0.3, 0.4) is 0 Å². The topological polar surface area (TPSA) is 92.2 Å². The molecule has 6 heteroatoms. The van der Waals surface area contributed by atoms with Crippen LogP contribution in [0, 0.1) is 22.7 Å². The van der Waals surface area contributed by atoms with Gasteiger partial charge in [-0.3, -0.25) is 9.69 Å². The van der Waals surface area contributed by atoms with Crippen LogP contribution in [0.5, 0.6) is 0 Å². The highest BCUT2D eigenvalue weighted by molar-refractivity contribution is 5.94. The van der Waals surface area contributed by atoms with Gasteiger partial charge in [-0.15, -0.1) is 0 Å². The number of aliphatic hydroxyl groups is 1. The highest BCUT2D eigenvalue weighted by Crippen LogP contribution is 2.52. The van der Waals surface area contributed by atoms with Crippen LogP contribution in [0.2, 0.25) is 0 Å². The second kappa shape index (κ2) is 6.23. The third-order valence-electron chi connectivity index (χ3n) is 5.67. The summed E-state index contributed by atoms with van der Waals surface area (Å²) in [6.07, 6.45) is 2.58. The Bertz CT molecular complexity index is 662. The van der Waals surface area contributed by atoms with Crippen LogP contribution in [-0.2, 0) is 0 Å². The van der Waals surface area contributed by atoms with Gasteiger partial charge >= 0.3 is 0 Å². The summed E-state index contributed by atoms with van der Waals surface area (Å²) < 4.78 is 0. The first kappa shape index (κ1) is 17.0. The zero-order valence-electron chi connectivity index (χ0n) is 14.5. The third-order valence-corrected chi connectivity index (χ3v) is 5.67. The van der Waals surface area contributed by atoms with Crippen molar-refractivity contribution in [1.82, 2.24) is 15.2 Å². The van der Waals surface area contributed by atoms with E-state index in [4.69, 9.17) is 5.26 Å². The summed E-state index contributed by atoms with van der Waals surface area (Å²) in [4.78, 5) is 17.6. The molecule has 1 aromatic rings. The lowest BCUT2D eigenvalue weighted by Gasteiger charge is -2.58. The summed E-state index contributed by atoms with van der Waals surface area (Å²) in [6, 6.07) is 3.75. The lowest BCUT2D eigenvalue weighted by molar-refractivity contribution is -0.0963. The van der Waals surface area contributed by atoms with E-state index in [1.54, 1.807) is 0 Å². The number of carbonyl (C=O) groups is 1. The number of likely N-dealkylation sites (tertiary alicyclic amines) is 1. The number of nitriles is 1. The van der Waals surface area contributed by atoms with Gasteiger partial charge in [0.05, 0.1) is 17.7 Å². The summed E-state index contributed by atoms with van der Waals surface area (Å²) in [5.74, 6) is 0.296. The minimum atomic E-state index is -0.511. The molecule has 4 atom stereocenters. The van der Waals surface area contributed by atoms with Crippen molar-refractivity contribution < 1.29 is 9.90 Å². The minimum absolute atomic E-state index is 0.109. The third kappa shape index (κ3) is 2.72. The molecule has 1 saturated heterocycles. The van der Waals surface area contributed by atoms with Gasteiger partial charge in [0.15, 0.2) is 0 Å². The van der Waals surface area contributed by atoms with E-state index in [0.717, 1.165) is 25.9 Å². The van der Waals surface area contributed by atoms with Gasteiger partial charge in [0.1, 0.15) is 11.8 Å². The van der Waals surface area contributed by atoms with Crippen LogP contribution < -0.4 is 5.32 Å². The molecule has 3 rings (SSSR count). The smallest absolute Gasteiger partial charge is 0.253 e. The lowest BCUT2D eigenvalue weighted by Crippen LogP contribution is -2.65. The highest BCUT2D eigenvalue weighted by atomic mass is 16.3. The Labute approximate surface area is 142 Å². The molecule has 24 heavy (non-hydrogen) atoms. The van der Waals surface area contributed by atoms with Crippen molar-refractivity contribution >= 4 is 5.91 Å². The van der Waals surface area contributed by atoms with Gasteiger partial charge in [0.2, 0.25) is 0 Å².